The molecule has 0 bridgehead atoms. The third-order valence-electron chi connectivity index (χ3n) is 4.25. The van der Waals surface area contributed by atoms with Crippen LogP contribution in [0.2, 0.25) is 0 Å². The van der Waals surface area contributed by atoms with Crippen LogP contribution in [0.4, 0.5) is 0 Å². The summed E-state index contributed by atoms with van der Waals surface area (Å²) in [5.41, 5.74) is 0. The summed E-state index contributed by atoms with van der Waals surface area (Å²) < 4.78 is 38.4. The van der Waals surface area contributed by atoms with Gasteiger partial charge in [0.1, 0.15) is 0 Å². The zero-order valence-electron chi connectivity index (χ0n) is 13.2. The van der Waals surface area contributed by atoms with Crippen LogP contribution in [0.25, 0.3) is 10.8 Å². The summed E-state index contributed by atoms with van der Waals surface area (Å²) in [5, 5.41) is 1.49. The number of fused-ring (bicyclic) bond motifs is 1. The van der Waals surface area contributed by atoms with Gasteiger partial charge in [-0.2, -0.15) is 4.31 Å². The highest BCUT2D eigenvalue weighted by Crippen LogP contribution is 2.31. The van der Waals surface area contributed by atoms with Crippen LogP contribution >= 0.6 is 0 Å². The van der Waals surface area contributed by atoms with Crippen molar-refractivity contribution in [3.05, 3.63) is 36.7 Å². The van der Waals surface area contributed by atoms with Crippen LogP contribution in [0.15, 0.2) is 41.6 Å². The maximum atomic E-state index is 13.2. The summed E-state index contributed by atoms with van der Waals surface area (Å²) in [4.78, 5) is 4.36. The first-order valence-electron chi connectivity index (χ1n) is 7.44. The van der Waals surface area contributed by atoms with Crippen molar-refractivity contribution in [2.45, 2.75) is 23.5 Å². The van der Waals surface area contributed by atoms with Gasteiger partial charge in [-0.15, -0.1) is 0 Å². The number of benzene rings is 1. The van der Waals surface area contributed by atoms with E-state index in [1.54, 1.807) is 44.8 Å². The second kappa shape index (κ2) is 6.52. The van der Waals surface area contributed by atoms with Crippen LogP contribution in [-0.2, 0) is 19.5 Å². The summed E-state index contributed by atoms with van der Waals surface area (Å²) in [7, 11) is -0.451. The number of aromatic nitrogens is 1. The van der Waals surface area contributed by atoms with Crippen molar-refractivity contribution in [1.29, 1.82) is 0 Å². The third kappa shape index (κ3) is 2.97. The minimum absolute atomic E-state index is 0.110. The molecule has 3 rings (SSSR count). The molecular formula is C16H20N2O4S. The van der Waals surface area contributed by atoms with Gasteiger partial charge in [0.25, 0.3) is 0 Å². The summed E-state index contributed by atoms with van der Waals surface area (Å²) in [6, 6.07) is 6.76. The van der Waals surface area contributed by atoms with Crippen LogP contribution in [0, 0.1) is 0 Å². The van der Waals surface area contributed by atoms with Gasteiger partial charge >= 0.3 is 0 Å². The molecule has 0 aliphatic carbocycles. The van der Waals surface area contributed by atoms with Crippen LogP contribution in [0.3, 0.4) is 0 Å². The number of ether oxygens (including phenoxy) is 2. The van der Waals surface area contributed by atoms with E-state index in [4.69, 9.17) is 9.47 Å². The van der Waals surface area contributed by atoms with E-state index in [1.165, 1.54) is 4.31 Å². The Labute approximate surface area is 136 Å². The molecule has 6 nitrogen and oxygen atoms in total. The molecule has 2 atom stereocenters. The molecule has 0 N–H and O–H groups in total. The van der Waals surface area contributed by atoms with E-state index in [1.807, 2.05) is 6.07 Å². The Morgan fingerprint density at radius 1 is 1.30 bits per heavy atom. The lowest BCUT2D eigenvalue weighted by atomic mass is 10.2. The van der Waals surface area contributed by atoms with Crippen LogP contribution in [0.5, 0.6) is 0 Å². The molecule has 0 radical (unpaired) electrons. The maximum Gasteiger partial charge on any atom is 0.244 e. The molecule has 1 aliphatic heterocycles. The zero-order valence-corrected chi connectivity index (χ0v) is 14.0. The number of sulfonamides is 1. The van der Waals surface area contributed by atoms with E-state index < -0.39 is 10.0 Å². The number of pyridine rings is 1. The molecule has 1 saturated heterocycles. The number of hydrogen-bond donors (Lipinski definition) is 0. The quantitative estimate of drug-likeness (QED) is 0.830. The Morgan fingerprint density at radius 2 is 2.13 bits per heavy atom. The summed E-state index contributed by atoms with van der Waals surface area (Å²) in [6.07, 6.45) is 3.80. The average Bonchev–Trinajstić information content (AvgIpc) is 2.98. The SMILES string of the molecule is COC[C@@H]1C[C@@H](OC)CN1S(=O)(=O)c1cccc2cnccc12. The van der Waals surface area contributed by atoms with Crippen LogP contribution < -0.4 is 0 Å². The summed E-state index contributed by atoms with van der Waals surface area (Å²) in [5.74, 6) is 0. The Kier molecular flexibility index (Phi) is 4.63. The topological polar surface area (TPSA) is 68.7 Å². The number of methoxy groups -OCH3 is 2. The first-order chi connectivity index (χ1) is 11.1. The van der Waals surface area contributed by atoms with Crippen LogP contribution in [0.1, 0.15) is 6.42 Å². The Hall–Kier alpha value is -1.54. The molecule has 1 fully saturated rings. The molecule has 124 valence electrons. The van der Waals surface area contributed by atoms with Gasteiger partial charge in [-0.25, -0.2) is 8.42 Å². The minimum atomic E-state index is -3.63. The fourth-order valence-electron chi connectivity index (χ4n) is 3.10. The lowest BCUT2D eigenvalue weighted by Gasteiger charge is -2.23. The number of rotatable bonds is 5. The van der Waals surface area contributed by atoms with Crippen molar-refractivity contribution in [2.24, 2.45) is 0 Å². The fraction of sp³-hybridized carbons (Fsp3) is 0.438. The molecule has 23 heavy (non-hydrogen) atoms. The van der Waals surface area contributed by atoms with Crippen molar-refractivity contribution in [3.8, 4) is 0 Å². The molecule has 1 aliphatic rings. The normalized spacial score (nSPS) is 22.7. The predicted molar refractivity (Wildman–Crippen MR) is 86.7 cm³/mol. The van der Waals surface area contributed by atoms with Gasteiger partial charge in [0.2, 0.25) is 10.0 Å². The van der Waals surface area contributed by atoms with Gasteiger partial charge in [-0.05, 0) is 18.6 Å². The molecule has 2 aromatic rings. The van der Waals surface area contributed by atoms with Crippen molar-refractivity contribution in [2.75, 3.05) is 27.4 Å². The first-order valence-corrected chi connectivity index (χ1v) is 8.88. The van der Waals surface area contributed by atoms with E-state index in [9.17, 15) is 8.42 Å². The zero-order chi connectivity index (χ0) is 16.4. The smallest absolute Gasteiger partial charge is 0.244 e. The first kappa shape index (κ1) is 16.3. The molecule has 0 unspecified atom stereocenters. The molecular weight excluding hydrogens is 316 g/mol. The summed E-state index contributed by atoms with van der Waals surface area (Å²) >= 11 is 0. The second-order valence-corrected chi connectivity index (χ2v) is 7.49. The lowest BCUT2D eigenvalue weighted by Crippen LogP contribution is -2.38. The minimum Gasteiger partial charge on any atom is -0.383 e. The average molecular weight is 336 g/mol. The number of nitrogens with zero attached hydrogens (tertiary/aromatic N) is 2. The highest BCUT2D eigenvalue weighted by atomic mass is 32.2. The predicted octanol–water partition coefficient (Wildman–Crippen LogP) is 1.66. The van der Waals surface area contributed by atoms with Gasteiger partial charge < -0.3 is 9.47 Å². The van der Waals surface area contributed by atoms with Crippen molar-refractivity contribution < 1.29 is 17.9 Å². The van der Waals surface area contributed by atoms with E-state index in [2.05, 4.69) is 4.98 Å². The Bertz CT molecular complexity index is 788. The van der Waals surface area contributed by atoms with Crippen molar-refractivity contribution >= 4 is 20.8 Å². The third-order valence-corrected chi connectivity index (χ3v) is 6.22. The molecule has 0 saturated carbocycles. The largest absolute Gasteiger partial charge is 0.383 e. The van der Waals surface area contributed by atoms with Gasteiger partial charge in [0.05, 0.1) is 23.6 Å². The van der Waals surface area contributed by atoms with E-state index >= 15 is 0 Å². The van der Waals surface area contributed by atoms with Crippen molar-refractivity contribution in [3.63, 3.8) is 0 Å². The summed E-state index contributed by atoms with van der Waals surface area (Å²) in [6.45, 7) is 0.694. The lowest BCUT2D eigenvalue weighted by molar-refractivity contribution is 0.110. The fourth-order valence-corrected chi connectivity index (χ4v) is 4.97. The molecule has 2 heterocycles. The Balaban J connectivity index is 2.06. The Morgan fingerprint density at radius 3 is 2.87 bits per heavy atom. The molecule has 1 aromatic heterocycles. The highest BCUT2D eigenvalue weighted by Gasteiger charge is 2.40. The molecule has 7 heteroatoms. The second-order valence-electron chi connectivity index (χ2n) is 5.63. The van der Waals surface area contributed by atoms with Gasteiger partial charge in [-0.1, -0.05) is 12.1 Å². The van der Waals surface area contributed by atoms with Gasteiger partial charge in [0, 0.05) is 43.9 Å². The van der Waals surface area contributed by atoms with Gasteiger partial charge in [-0.3, -0.25) is 4.98 Å². The van der Waals surface area contributed by atoms with Gasteiger partial charge in [0.15, 0.2) is 0 Å². The monoisotopic (exact) mass is 336 g/mol. The van der Waals surface area contributed by atoms with Crippen LogP contribution in [-0.4, -0.2) is 57.2 Å². The van der Waals surface area contributed by atoms with E-state index in [0.29, 0.717) is 29.9 Å². The van der Waals surface area contributed by atoms with E-state index in [0.717, 1.165) is 5.39 Å². The maximum absolute atomic E-state index is 13.2. The molecule has 0 spiro atoms. The highest BCUT2D eigenvalue weighted by molar-refractivity contribution is 7.89. The van der Waals surface area contributed by atoms with Crippen molar-refractivity contribution in [1.82, 2.24) is 9.29 Å². The standard InChI is InChI=1S/C16H20N2O4S/c1-21-11-13-8-14(22-2)10-18(13)23(19,20)16-5-3-4-12-9-17-7-6-15(12)16/h3-7,9,13-14H,8,10-11H2,1-2H3/t13-,14+/m0/s1. The number of hydrogen-bond acceptors (Lipinski definition) is 5. The van der Waals surface area contributed by atoms with E-state index in [-0.39, 0.29) is 12.1 Å². The molecule has 1 aromatic carbocycles. The molecule has 0 amide bonds.